The summed E-state index contributed by atoms with van der Waals surface area (Å²) in [6, 6.07) is 5.66. The first-order valence-corrected chi connectivity index (χ1v) is 9.35. The third-order valence-electron chi connectivity index (χ3n) is 4.60. The number of aliphatic carboxylic acids is 1. The fourth-order valence-electron chi connectivity index (χ4n) is 3.32. The first-order chi connectivity index (χ1) is 13.0. The number of fused-ring (bicyclic) bond motifs is 1. The summed E-state index contributed by atoms with van der Waals surface area (Å²) in [6.07, 6.45) is -1.01. The molecule has 1 atom stereocenters. The molecule has 1 fully saturated rings. The molecule has 3 aromatic rings. The fraction of sp³-hybridized carbons (Fsp3) is 0.333. The van der Waals surface area contributed by atoms with Crippen molar-refractivity contribution in [1.29, 1.82) is 0 Å². The van der Waals surface area contributed by atoms with Crippen molar-refractivity contribution >= 4 is 34.2 Å². The van der Waals surface area contributed by atoms with Crippen LogP contribution >= 0.6 is 11.3 Å². The van der Waals surface area contributed by atoms with Crippen molar-refractivity contribution in [3.63, 3.8) is 0 Å². The lowest BCUT2D eigenvalue weighted by molar-refractivity contribution is -0.154. The van der Waals surface area contributed by atoms with Gasteiger partial charge in [0.25, 0.3) is 5.91 Å². The molecule has 1 amide bonds. The Hall–Kier alpha value is -2.78. The summed E-state index contributed by atoms with van der Waals surface area (Å²) >= 11 is 1.54. The first kappa shape index (κ1) is 17.6. The van der Waals surface area contributed by atoms with Crippen LogP contribution in [0.2, 0.25) is 0 Å². The smallest absolute Gasteiger partial charge is 0.334 e. The topological polar surface area (TPSA) is 97.5 Å². The van der Waals surface area contributed by atoms with Gasteiger partial charge in [0.1, 0.15) is 0 Å². The van der Waals surface area contributed by atoms with E-state index in [1.54, 1.807) is 29.1 Å². The highest BCUT2D eigenvalue weighted by atomic mass is 32.1. The lowest BCUT2D eigenvalue weighted by Crippen LogP contribution is -2.48. The number of carboxylic acids is 1. The molecule has 0 saturated carbocycles. The van der Waals surface area contributed by atoms with Gasteiger partial charge in [-0.2, -0.15) is 5.10 Å². The number of ether oxygens (including phenoxy) is 1. The van der Waals surface area contributed by atoms with Crippen molar-refractivity contribution in [1.82, 2.24) is 19.7 Å². The number of nitrogens with zero attached hydrogens (tertiary/aromatic N) is 4. The predicted octanol–water partition coefficient (Wildman–Crippen LogP) is 1.93. The number of hydrogen-bond acceptors (Lipinski definition) is 6. The van der Waals surface area contributed by atoms with E-state index >= 15 is 0 Å². The van der Waals surface area contributed by atoms with E-state index in [1.165, 1.54) is 4.90 Å². The summed E-state index contributed by atoms with van der Waals surface area (Å²) in [6.45, 7) is 2.40. The Kier molecular flexibility index (Phi) is 4.40. The predicted molar refractivity (Wildman–Crippen MR) is 99.8 cm³/mol. The number of rotatable bonds is 3. The molecule has 0 radical (unpaired) electrons. The molecule has 1 unspecified atom stereocenters. The summed E-state index contributed by atoms with van der Waals surface area (Å²) in [5.41, 5.74) is 2.53. The second-order valence-corrected chi connectivity index (χ2v) is 7.34. The van der Waals surface area contributed by atoms with Gasteiger partial charge in [0.05, 0.1) is 40.4 Å². The maximum atomic E-state index is 13.3. The van der Waals surface area contributed by atoms with E-state index in [9.17, 15) is 14.7 Å². The normalized spacial score (nSPS) is 17.4. The summed E-state index contributed by atoms with van der Waals surface area (Å²) < 4.78 is 6.90. The van der Waals surface area contributed by atoms with E-state index in [0.717, 1.165) is 4.88 Å². The van der Waals surface area contributed by atoms with Crippen LogP contribution in [0.4, 0.5) is 0 Å². The second-order valence-electron chi connectivity index (χ2n) is 6.39. The van der Waals surface area contributed by atoms with Gasteiger partial charge in [-0.25, -0.2) is 9.78 Å². The van der Waals surface area contributed by atoms with Crippen molar-refractivity contribution in [2.24, 2.45) is 7.05 Å². The van der Waals surface area contributed by atoms with Gasteiger partial charge in [-0.05, 0) is 24.4 Å². The maximum Gasteiger partial charge on any atom is 0.334 e. The largest absolute Gasteiger partial charge is 0.479 e. The molecule has 1 N–H and O–H groups in total. The first-order valence-electron chi connectivity index (χ1n) is 8.47. The van der Waals surface area contributed by atoms with Gasteiger partial charge in [0.2, 0.25) is 0 Å². The van der Waals surface area contributed by atoms with Gasteiger partial charge in [-0.15, -0.1) is 11.3 Å². The Morgan fingerprint density at radius 2 is 2.22 bits per heavy atom. The Bertz CT molecular complexity index is 1030. The van der Waals surface area contributed by atoms with Gasteiger partial charge in [-0.3, -0.25) is 9.48 Å². The molecule has 4 rings (SSSR count). The summed E-state index contributed by atoms with van der Waals surface area (Å²) in [4.78, 5) is 31.7. The average molecular weight is 386 g/mol. The van der Waals surface area contributed by atoms with Crippen LogP contribution in [0.5, 0.6) is 0 Å². The molecule has 140 valence electrons. The SMILES string of the molecule is Cc1nn(C)c2nc(-c3cccs3)cc(C(=O)N3CCOC(C(=O)O)C3)c12. The van der Waals surface area contributed by atoms with Crippen LogP contribution in [0.15, 0.2) is 23.6 Å². The highest BCUT2D eigenvalue weighted by Gasteiger charge is 2.31. The van der Waals surface area contributed by atoms with Crippen molar-refractivity contribution in [2.45, 2.75) is 13.0 Å². The van der Waals surface area contributed by atoms with Crippen LogP contribution in [0, 0.1) is 6.92 Å². The Morgan fingerprint density at radius 1 is 1.41 bits per heavy atom. The van der Waals surface area contributed by atoms with Crippen LogP contribution in [0.3, 0.4) is 0 Å². The van der Waals surface area contributed by atoms with Crippen molar-refractivity contribution in [3.05, 3.63) is 34.8 Å². The average Bonchev–Trinajstić information content (AvgIpc) is 3.29. The molecule has 0 bridgehead atoms. The minimum absolute atomic E-state index is 0.0195. The zero-order chi connectivity index (χ0) is 19.1. The van der Waals surface area contributed by atoms with E-state index in [4.69, 9.17) is 9.72 Å². The van der Waals surface area contributed by atoms with Crippen LogP contribution < -0.4 is 0 Å². The zero-order valence-electron chi connectivity index (χ0n) is 14.9. The summed E-state index contributed by atoms with van der Waals surface area (Å²) in [5.74, 6) is -1.30. The van der Waals surface area contributed by atoms with E-state index in [0.29, 0.717) is 34.5 Å². The number of pyridine rings is 1. The van der Waals surface area contributed by atoms with E-state index in [1.807, 2.05) is 24.4 Å². The molecule has 0 aromatic carbocycles. The van der Waals surface area contributed by atoms with Crippen LogP contribution in [0.25, 0.3) is 21.6 Å². The molecular weight excluding hydrogens is 368 g/mol. The summed E-state index contributed by atoms with van der Waals surface area (Å²) in [5, 5.41) is 16.3. The monoisotopic (exact) mass is 386 g/mol. The fourth-order valence-corrected chi connectivity index (χ4v) is 4.00. The number of carbonyl (C=O) groups is 2. The minimum Gasteiger partial charge on any atom is -0.479 e. The van der Waals surface area contributed by atoms with Gasteiger partial charge in [0, 0.05) is 13.6 Å². The number of carboxylic acid groups (broad SMARTS) is 1. The van der Waals surface area contributed by atoms with E-state index in [-0.39, 0.29) is 19.1 Å². The quantitative estimate of drug-likeness (QED) is 0.739. The zero-order valence-corrected chi connectivity index (χ0v) is 15.7. The maximum absolute atomic E-state index is 13.3. The van der Waals surface area contributed by atoms with Crippen LogP contribution in [-0.4, -0.2) is 62.4 Å². The number of carbonyl (C=O) groups excluding carboxylic acids is 1. The number of hydrogen-bond donors (Lipinski definition) is 1. The molecule has 4 heterocycles. The standard InChI is InChI=1S/C18H18N4O4S/c1-10-15-11(17(23)22-5-6-26-13(9-22)18(24)25)8-12(14-4-3-7-27-14)19-16(15)21(2)20-10/h3-4,7-8,13H,5-6,9H2,1-2H3,(H,24,25). The number of aromatic nitrogens is 3. The van der Waals surface area contributed by atoms with Crippen LogP contribution in [-0.2, 0) is 16.6 Å². The molecule has 8 nitrogen and oxygen atoms in total. The molecule has 9 heteroatoms. The van der Waals surface area contributed by atoms with Gasteiger partial charge < -0.3 is 14.7 Å². The lowest BCUT2D eigenvalue weighted by Gasteiger charge is -2.31. The highest BCUT2D eigenvalue weighted by Crippen LogP contribution is 2.30. The van der Waals surface area contributed by atoms with Gasteiger partial charge in [0.15, 0.2) is 11.8 Å². The van der Waals surface area contributed by atoms with Crippen molar-refractivity contribution in [2.75, 3.05) is 19.7 Å². The molecule has 0 spiro atoms. The number of aryl methyl sites for hydroxylation is 2. The Labute approximate surface area is 159 Å². The second kappa shape index (κ2) is 6.75. The Balaban J connectivity index is 1.82. The molecular formula is C18H18N4O4S. The van der Waals surface area contributed by atoms with Crippen LogP contribution in [0.1, 0.15) is 16.1 Å². The molecule has 27 heavy (non-hydrogen) atoms. The summed E-state index contributed by atoms with van der Waals surface area (Å²) in [7, 11) is 1.80. The van der Waals surface area contributed by atoms with E-state index in [2.05, 4.69) is 5.10 Å². The number of amides is 1. The van der Waals surface area contributed by atoms with Gasteiger partial charge in [-0.1, -0.05) is 6.07 Å². The molecule has 0 aliphatic carbocycles. The minimum atomic E-state index is -1.07. The van der Waals surface area contributed by atoms with Crippen molar-refractivity contribution < 1.29 is 19.4 Å². The molecule has 1 aliphatic heterocycles. The molecule has 3 aromatic heterocycles. The number of morpholine rings is 1. The molecule has 1 saturated heterocycles. The van der Waals surface area contributed by atoms with E-state index < -0.39 is 12.1 Å². The third kappa shape index (κ3) is 3.08. The van der Waals surface area contributed by atoms with Gasteiger partial charge >= 0.3 is 5.97 Å². The third-order valence-corrected chi connectivity index (χ3v) is 5.49. The molecule has 1 aliphatic rings. The lowest BCUT2D eigenvalue weighted by atomic mass is 10.1. The van der Waals surface area contributed by atoms with Crippen molar-refractivity contribution in [3.8, 4) is 10.6 Å². The Morgan fingerprint density at radius 3 is 2.93 bits per heavy atom. The highest BCUT2D eigenvalue weighted by molar-refractivity contribution is 7.13. The number of thiophene rings is 1.